The summed E-state index contributed by atoms with van der Waals surface area (Å²) in [7, 11) is 5.36. The van der Waals surface area contributed by atoms with Gasteiger partial charge in [0.05, 0.1) is 16.6 Å². The number of amides is 1. The second-order valence-electron chi connectivity index (χ2n) is 5.53. The number of likely N-dealkylation sites (N-methyl/N-ethyl adjacent to an activating group) is 2. The van der Waals surface area contributed by atoms with Crippen molar-refractivity contribution in [3.63, 3.8) is 0 Å². The van der Waals surface area contributed by atoms with Gasteiger partial charge in [-0.1, -0.05) is 23.7 Å². The molecule has 0 N–H and O–H groups in total. The first-order valence-corrected chi connectivity index (χ1v) is 7.36. The fourth-order valence-electron chi connectivity index (χ4n) is 1.92. The number of hydrogen-bond acceptors (Lipinski definition) is 2. The first-order valence-electron chi connectivity index (χ1n) is 6.98. The van der Waals surface area contributed by atoms with Crippen LogP contribution in [0.4, 0.5) is 13.2 Å². The molecule has 0 fully saturated rings. The summed E-state index contributed by atoms with van der Waals surface area (Å²) < 4.78 is 38.1. The van der Waals surface area contributed by atoms with Crippen molar-refractivity contribution in [3.05, 3.63) is 46.5 Å². The van der Waals surface area contributed by atoms with Gasteiger partial charge in [0.25, 0.3) is 0 Å². The number of alkyl halides is 3. The van der Waals surface area contributed by atoms with Crippen LogP contribution < -0.4 is 0 Å². The Hall–Kier alpha value is -1.53. The van der Waals surface area contributed by atoms with Crippen LogP contribution in [0.15, 0.2) is 30.4 Å². The molecule has 1 aromatic carbocycles. The Morgan fingerprint density at radius 2 is 1.91 bits per heavy atom. The highest BCUT2D eigenvalue weighted by Crippen LogP contribution is 2.36. The third kappa shape index (κ3) is 5.55. The van der Waals surface area contributed by atoms with E-state index in [0.29, 0.717) is 12.1 Å². The maximum Gasteiger partial charge on any atom is 0.417 e. The average molecular weight is 349 g/mol. The lowest BCUT2D eigenvalue weighted by atomic mass is 10.0. The van der Waals surface area contributed by atoms with Gasteiger partial charge in [0.1, 0.15) is 0 Å². The van der Waals surface area contributed by atoms with Gasteiger partial charge in [-0.3, -0.25) is 4.79 Å². The quantitative estimate of drug-likeness (QED) is 0.751. The zero-order valence-corrected chi connectivity index (χ0v) is 14.2. The minimum absolute atomic E-state index is 0.227. The molecule has 0 aliphatic heterocycles. The fraction of sp³-hybridized carbons (Fsp3) is 0.438. The van der Waals surface area contributed by atoms with Gasteiger partial charge in [-0.25, -0.2) is 0 Å². The third-order valence-corrected chi connectivity index (χ3v) is 3.75. The number of hydrogen-bond donors (Lipinski definition) is 0. The number of rotatable bonds is 5. The molecule has 0 aromatic heterocycles. The van der Waals surface area contributed by atoms with Crippen molar-refractivity contribution in [1.82, 2.24) is 9.80 Å². The van der Waals surface area contributed by atoms with Gasteiger partial charge < -0.3 is 9.80 Å². The molecule has 1 aromatic rings. The highest BCUT2D eigenvalue weighted by Gasteiger charge is 2.33. The number of carbonyl (C=O) groups is 1. The van der Waals surface area contributed by atoms with Crippen LogP contribution in [0.25, 0.3) is 0 Å². The van der Waals surface area contributed by atoms with Crippen LogP contribution in [-0.4, -0.2) is 43.4 Å². The molecule has 1 atom stereocenters. The monoisotopic (exact) mass is 348 g/mol. The molecule has 0 aliphatic rings. The van der Waals surface area contributed by atoms with Gasteiger partial charge in [0, 0.05) is 19.7 Å². The van der Waals surface area contributed by atoms with E-state index in [1.807, 2.05) is 19.0 Å². The molecule has 0 saturated heterocycles. The number of halogens is 4. The fourth-order valence-corrected chi connectivity index (χ4v) is 2.21. The van der Waals surface area contributed by atoms with E-state index in [1.165, 1.54) is 23.1 Å². The number of nitrogens with zero attached hydrogens (tertiary/aromatic N) is 2. The van der Waals surface area contributed by atoms with Crippen LogP contribution in [0, 0.1) is 0 Å². The minimum atomic E-state index is -4.49. The summed E-state index contributed by atoms with van der Waals surface area (Å²) >= 11 is 5.72. The van der Waals surface area contributed by atoms with E-state index >= 15 is 0 Å². The van der Waals surface area contributed by atoms with Crippen molar-refractivity contribution >= 4 is 17.5 Å². The van der Waals surface area contributed by atoms with E-state index in [2.05, 4.69) is 0 Å². The summed E-state index contributed by atoms with van der Waals surface area (Å²) in [5, 5.41) is -0.370. The summed E-state index contributed by atoms with van der Waals surface area (Å²) in [5.41, 5.74) is -0.338. The van der Waals surface area contributed by atoms with Crippen molar-refractivity contribution in [2.45, 2.75) is 19.1 Å². The molecule has 0 spiro atoms. The second kappa shape index (κ2) is 7.84. The Labute approximate surface area is 139 Å². The Morgan fingerprint density at radius 1 is 1.30 bits per heavy atom. The van der Waals surface area contributed by atoms with Crippen LogP contribution >= 0.6 is 11.6 Å². The molecule has 0 bridgehead atoms. The molecular formula is C16H20ClF3N2O. The maximum absolute atomic E-state index is 12.7. The molecule has 0 saturated carbocycles. The number of carbonyl (C=O) groups excluding carboxylic acids is 1. The standard InChI is InChI=1S/C16H20ClF3N2O/c1-11(22(4)15(23)6-5-9-21(2)3)12-7-8-13(14(17)10-12)16(18,19)20/h5-8,10-11H,9H2,1-4H3/b6-5+. The van der Waals surface area contributed by atoms with Crippen LogP contribution in [-0.2, 0) is 11.0 Å². The highest BCUT2D eigenvalue weighted by atomic mass is 35.5. The largest absolute Gasteiger partial charge is 0.417 e. The van der Waals surface area contributed by atoms with Crippen molar-refractivity contribution in [2.75, 3.05) is 27.7 Å². The van der Waals surface area contributed by atoms with E-state index < -0.39 is 17.8 Å². The minimum Gasteiger partial charge on any atom is -0.335 e. The van der Waals surface area contributed by atoms with Crippen LogP contribution in [0.1, 0.15) is 24.1 Å². The van der Waals surface area contributed by atoms with Crippen molar-refractivity contribution in [2.24, 2.45) is 0 Å². The summed E-state index contributed by atoms with van der Waals surface area (Å²) in [4.78, 5) is 15.4. The maximum atomic E-state index is 12.7. The van der Waals surface area contributed by atoms with Crippen molar-refractivity contribution in [1.29, 1.82) is 0 Å². The van der Waals surface area contributed by atoms with Crippen molar-refractivity contribution < 1.29 is 18.0 Å². The first-order chi connectivity index (χ1) is 10.5. The van der Waals surface area contributed by atoms with E-state index in [4.69, 9.17) is 11.6 Å². The van der Waals surface area contributed by atoms with E-state index in [-0.39, 0.29) is 10.9 Å². The van der Waals surface area contributed by atoms with Gasteiger partial charge in [0.15, 0.2) is 0 Å². The van der Waals surface area contributed by atoms with Crippen LogP contribution in [0.2, 0.25) is 5.02 Å². The summed E-state index contributed by atoms with van der Waals surface area (Å²) in [6.45, 7) is 2.36. The first kappa shape index (κ1) is 19.5. The molecule has 0 aliphatic carbocycles. The molecule has 3 nitrogen and oxygen atoms in total. The number of benzene rings is 1. The topological polar surface area (TPSA) is 23.6 Å². The molecule has 23 heavy (non-hydrogen) atoms. The second-order valence-corrected chi connectivity index (χ2v) is 5.93. The summed E-state index contributed by atoms with van der Waals surface area (Å²) in [6.07, 6.45) is -1.32. The summed E-state index contributed by atoms with van der Waals surface area (Å²) in [6, 6.07) is 3.13. The van der Waals surface area contributed by atoms with Crippen LogP contribution in [0.5, 0.6) is 0 Å². The zero-order valence-electron chi connectivity index (χ0n) is 13.5. The molecule has 0 heterocycles. The molecule has 128 valence electrons. The van der Waals surface area contributed by atoms with Gasteiger partial charge in [-0.05, 0) is 38.7 Å². The average Bonchev–Trinajstić information content (AvgIpc) is 2.43. The Bertz CT molecular complexity index is 585. The normalized spacial score (nSPS) is 13.6. The lowest BCUT2D eigenvalue weighted by Crippen LogP contribution is -2.28. The summed E-state index contributed by atoms with van der Waals surface area (Å²) in [5.74, 6) is -0.227. The molecule has 1 amide bonds. The third-order valence-electron chi connectivity index (χ3n) is 3.44. The van der Waals surface area contributed by atoms with Gasteiger partial charge in [-0.15, -0.1) is 0 Å². The van der Waals surface area contributed by atoms with E-state index in [0.717, 1.165) is 6.07 Å². The van der Waals surface area contributed by atoms with Gasteiger partial charge in [-0.2, -0.15) is 13.2 Å². The smallest absolute Gasteiger partial charge is 0.335 e. The Kier molecular flexibility index (Phi) is 6.65. The zero-order chi connectivity index (χ0) is 17.8. The highest BCUT2D eigenvalue weighted by molar-refractivity contribution is 6.31. The Balaban J connectivity index is 2.88. The SMILES string of the molecule is CC(c1ccc(C(F)(F)F)c(Cl)c1)N(C)C(=O)/C=C/CN(C)C. The molecule has 7 heteroatoms. The van der Waals surface area contributed by atoms with Crippen molar-refractivity contribution in [3.8, 4) is 0 Å². The predicted octanol–water partition coefficient (Wildman–Crippen LogP) is 4.00. The Morgan fingerprint density at radius 3 is 2.39 bits per heavy atom. The van der Waals surface area contributed by atoms with Gasteiger partial charge >= 0.3 is 6.18 Å². The van der Waals surface area contributed by atoms with Crippen LogP contribution in [0.3, 0.4) is 0 Å². The van der Waals surface area contributed by atoms with Gasteiger partial charge in [0.2, 0.25) is 5.91 Å². The molecule has 0 radical (unpaired) electrons. The molecule has 1 rings (SSSR count). The molecular weight excluding hydrogens is 329 g/mol. The predicted molar refractivity (Wildman–Crippen MR) is 85.3 cm³/mol. The lowest BCUT2D eigenvalue weighted by molar-refractivity contribution is -0.137. The molecule has 1 unspecified atom stereocenters. The van der Waals surface area contributed by atoms with E-state index in [1.54, 1.807) is 20.0 Å². The van der Waals surface area contributed by atoms with E-state index in [9.17, 15) is 18.0 Å². The lowest BCUT2D eigenvalue weighted by Gasteiger charge is -2.25.